The van der Waals surface area contributed by atoms with Gasteiger partial charge in [-0.1, -0.05) is 117 Å². The summed E-state index contributed by atoms with van der Waals surface area (Å²) in [4.78, 5) is 0. The molecule has 0 aromatic rings. The third kappa shape index (κ3) is 8.11. The molecule has 6 aliphatic carbocycles. The molecule has 0 amide bonds. The maximum atomic E-state index is 2.50. The zero-order valence-corrected chi connectivity index (χ0v) is 32.8. The van der Waals surface area contributed by atoms with Gasteiger partial charge in [0.05, 0.1) is 0 Å². The van der Waals surface area contributed by atoms with Crippen LogP contribution in [0.5, 0.6) is 0 Å². The fourth-order valence-corrected chi connectivity index (χ4v) is 12.7. The summed E-state index contributed by atoms with van der Waals surface area (Å²) in [6.45, 7) is 38.9. The minimum Gasteiger partial charge on any atom is -0.0625 e. The summed E-state index contributed by atoms with van der Waals surface area (Å²) < 4.78 is 0. The maximum absolute atomic E-state index is 2.50. The smallest absolute Gasteiger partial charge is 0.0246 e. The quantitative estimate of drug-likeness (QED) is 0.281. The van der Waals surface area contributed by atoms with Crippen molar-refractivity contribution in [2.24, 2.45) is 86.3 Å². The van der Waals surface area contributed by atoms with E-state index in [1.807, 2.05) is 0 Å². The van der Waals surface area contributed by atoms with E-state index in [1.165, 1.54) is 77.0 Å². The van der Waals surface area contributed by atoms with Crippen LogP contribution in [0.2, 0.25) is 0 Å². The molecule has 6 saturated carbocycles. The molecular weight excluding hydrogens is 516 g/mol. The van der Waals surface area contributed by atoms with Gasteiger partial charge < -0.3 is 0 Å². The van der Waals surface area contributed by atoms with Crippen molar-refractivity contribution in [1.29, 1.82) is 0 Å². The number of fused-ring (bicyclic) bond motifs is 4. The molecule has 0 heterocycles. The predicted molar refractivity (Wildman–Crippen MR) is 193 cm³/mol. The van der Waals surface area contributed by atoms with Gasteiger partial charge in [-0.2, -0.15) is 0 Å². The Morgan fingerprint density at radius 3 is 1.42 bits per heavy atom. The first-order valence-corrected chi connectivity index (χ1v) is 19.6. The normalized spacial score (nSPS) is 46.7. The molecule has 0 aromatic carbocycles. The SMILES string of the molecule is CC1C2(C)CCC(C2)C1(C)C.CC1CC(C)CC(C)(C)C1.CC1CC2CCC1(C)C2(C)C.CC1CCC(C(C)C)C(C)C1. The average Bonchev–Trinajstić information content (AvgIpc) is 3.47. The monoisotopic (exact) mass is 599 g/mol. The van der Waals surface area contributed by atoms with Crippen LogP contribution in [0.3, 0.4) is 0 Å². The molecule has 254 valence electrons. The Hall–Kier alpha value is 0. The molecule has 0 nitrogen and oxygen atoms in total. The molecule has 0 radical (unpaired) electrons. The van der Waals surface area contributed by atoms with Gasteiger partial charge in [-0.05, 0) is 157 Å². The fraction of sp³-hybridized carbons (Fsp3) is 1.00. The Kier molecular flexibility index (Phi) is 11.9. The number of rotatable bonds is 1. The van der Waals surface area contributed by atoms with Gasteiger partial charge in [0.15, 0.2) is 0 Å². The summed E-state index contributed by atoms with van der Waals surface area (Å²) in [5.41, 5.74) is 3.25. The molecule has 0 heteroatoms. The molecule has 4 bridgehead atoms. The third-order valence-corrected chi connectivity index (χ3v) is 16.2. The number of hydrogen-bond acceptors (Lipinski definition) is 0. The van der Waals surface area contributed by atoms with Crippen molar-refractivity contribution in [1.82, 2.24) is 0 Å². The molecule has 0 spiro atoms. The summed E-state index contributed by atoms with van der Waals surface area (Å²) in [7, 11) is 0. The van der Waals surface area contributed by atoms with E-state index >= 15 is 0 Å². The largest absolute Gasteiger partial charge is 0.0625 e. The van der Waals surface area contributed by atoms with Gasteiger partial charge in [0, 0.05) is 0 Å². The summed E-state index contributed by atoms with van der Waals surface area (Å²) in [6.07, 6.45) is 17.6. The van der Waals surface area contributed by atoms with Gasteiger partial charge in [0.1, 0.15) is 0 Å². The van der Waals surface area contributed by atoms with Crippen LogP contribution in [0.15, 0.2) is 0 Å². The van der Waals surface area contributed by atoms with Crippen LogP contribution in [-0.4, -0.2) is 0 Å². The Balaban J connectivity index is 0.000000157. The molecule has 11 unspecified atom stereocenters. The second-order valence-corrected chi connectivity index (χ2v) is 21.0. The van der Waals surface area contributed by atoms with E-state index in [2.05, 4.69) is 111 Å². The predicted octanol–water partition coefficient (Wildman–Crippen LogP) is 14.1. The van der Waals surface area contributed by atoms with Crippen LogP contribution in [0, 0.1) is 86.3 Å². The van der Waals surface area contributed by atoms with Gasteiger partial charge >= 0.3 is 0 Å². The first-order valence-electron chi connectivity index (χ1n) is 19.6. The highest BCUT2D eigenvalue weighted by Crippen LogP contribution is 2.68. The van der Waals surface area contributed by atoms with Gasteiger partial charge in [0.25, 0.3) is 0 Å². The molecule has 0 aromatic heterocycles. The van der Waals surface area contributed by atoms with E-state index in [1.54, 1.807) is 0 Å². The highest BCUT2D eigenvalue weighted by atomic mass is 14.6. The molecule has 0 saturated heterocycles. The molecule has 0 N–H and O–H groups in total. The summed E-state index contributed by atoms with van der Waals surface area (Å²) in [6, 6.07) is 0. The lowest BCUT2D eigenvalue weighted by Crippen LogP contribution is -2.32. The Labute approximate surface area is 273 Å². The molecule has 6 aliphatic rings. The van der Waals surface area contributed by atoms with E-state index in [0.717, 1.165) is 59.2 Å². The van der Waals surface area contributed by atoms with Gasteiger partial charge in [0.2, 0.25) is 0 Å². The highest BCUT2D eigenvalue weighted by molar-refractivity contribution is 5.09. The Morgan fingerprint density at radius 2 is 1.12 bits per heavy atom. The minimum absolute atomic E-state index is 0.622. The second kappa shape index (κ2) is 13.6. The van der Waals surface area contributed by atoms with Gasteiger partial charge in [-0.25, -0.2) is 0 Å². The van der Waals surface area contributed by atoms with Crippen molar-refractivity contribution >= 4 is 0 Å². The molecule has 43 heavy (non-hydrogen) atoms. The first kappa shape index (κ1) is 37.5. The van der Waals surface area contributed by atoms with E-state index in [-0.39, 0.29) is 0 Å². The van der Waals surface area contributed by atoms with Crippen molar-refractivity contribution in [3.05, 3.63) is 0 Å². The summed E-state index contributed by atoms with van der Waals surface area (Å²) >= 11 is 0. The zero-order valence-electron chi connectivity index (χ0n) is 32.8. The average molecular weight is 599 g/mol. The lowest BCUT2D eigenvalue weighted by molar-refractivity contribution is 0.0903. The van der Waals surface area contributed by atoms with Crippen molar-refractivity contribution in [3.63, 3.8) is 0 Å². The minimum atomic E-state index is 0.622. The molecular formula is C43H82. The lowest BCUT2D eigenvalue weighted by atomic mass is 9.65. The van der Waals surface area contributed by atoms with E-state index in [9.17, 15) is 0 Å². The van der Waals surface area contributed by atoms with Crippen LogP contribution >= 0.6 is 0 Å². The molecule has 11 atom stereocenters. The van der Waals surface area contributed by atoms with E-state index in [4.69, 9.17) is 0 Å². The van der Waals surface area contributed by atoms with Crippen LogP contribution in [0.25, 0.3) is 0 Å². The zero-order chi connectivity index (χ0) is 32.8. The molecule has 0 aliphatic heterocycles. The second-order valence-electron chi connectivity index (χ2n) is 21.0. The van der Waals surface area contributed by atoms with Crippen LogP contribution in [-0.2, 0) is 0 Å². The molecule has 6 rings (SSSR count). The number of hydrogen-bond donors (Lipinski definition) is 0. The maximum Gasteiger partial charge on any atom is -0.0246 e. The standard InChI is InChI=1S/2C11H20.C11H22.C10H20/c1-8-10(2,3)9-5-6-11(8,4)7-9;1-8-7-9-5-6-11(8,4)10(9,2)3;1-8(2)11-6-5-9(3)7-10(11)4;1-8-5-9(2)7-10(3,4)6-8/h2*8-9H,5-7H2,1-4H3;8-11H,5-7H2,1-4H3;8-9H,5-7H2,1-4H3. The first-order chi connectivity index (χ1) is 19.6. The van der Waals surface area contributed by atoms with E-state index < -0.39 is 0 Å². The van der Waals surface area contributed by atoms with Crippen molar-refractivity contribution in [2.45, 2.75) is 188 Å². The third-order valence-electron chi connectivity index (χ3n) is 16.2. The summed E-state index contributed by atoms with van der Waals surface area (Å²) in [5, 5.41) is 0. The van der Waals surface area contributed by atoms with Crippen molar-refractivity contribution in [2.75, 3.05) is 0 Å². The van der Waals surface area contributed by atoms with Gasteiger partial charge in [-0.15, -0.1) is 0 Å². The van der Waals surface area contributed by atoms with Gasteiger partial charge in [-0.3, -0.25) is 0 Å². The molecule has 6 fully saturated rings. The van der Waals surface area contributed by atoms with Crippen LogP contribution in [0.4, 0.5) is 0 Å². The fourth-order valence-electron chi connectivity index (χ4n) is 12.7. The van der Waals surface area contributed by atoms with E-state index in [0.29, 0.717) is 27.1 Å². The highest BCUT2D eigenvalue weighted by Gasteiger charge is 2.59. The lowest BCUT2D eigenvalue weighted by Gasteiger charge is -2.40. The van der Waals surface area contributed by atoms with Crippen LogP contribution in [0.1, 0.15) is 188 Å². The summed E-state index contributed by atoms with van der Waals surface area (Å²) in [5.74, 6) is 9.75. The Morgan fingerprint density at radius 1 is 0.558 bits per heavy atom. The van der Waals surface area contributed by atoms with Crippen molar-refractivity contribution < 1.29 is 0 Å². The van der Waals surface area contributed by atoms with Crippen LogP contribution < -0.4 is 0 Å². The topological polar surface area (TPSA) is 0 Å². The van der Waals surface area contributed by atoms with Crippen molar-refractivity contribution in [3.8, 4) is 0 Å². The Bertz CT molecular complexity index is 858.